The van der Waals surface area contributed by atoms with Gasteiger partial charge in [0.1, 0.15) is 11.6 Å². The zero-order valence-corrected chi connectivity index (χ0v) is 19.9. The SMILES string of the molecule is CC(C)(C)NC(=O)C1N(CCCCO)C(=O)[C@@H]2[C@@H](C(=O)Nc3ccccc3)[C@@]3(C)CCC12O3. The smallest absolute Gasteiger partial charge is 0.246 e. The second kappa shape index (κ2) is 8.40. The molecule has 3 aliphatic heterocycles. The van der Waals surface area contributed by atoms with Crippen molar-refractivity contribution in [3.63, 3.8) is 0 Å². The fourth-order valence-electron chi connectivity index (χ4n) is 5.94. The summed E-state index contributed by atoms with van der Waals surface area (Å²) in [5, 5.41) is 15.2. The quantitative estimate of drug-likeness (QED) is 0.544. The van der Waals surface area contributed by atoms with Gasteiger partial charge in [-0.05, 0) is 65.5 Å². The highest BCUT2D eigenvalue weighted by molar-refractivity contribution is 6.02. The Morgan fingerprint density at radius 2 is 1.85 bits per heavy atom. The van der Waals surface area contributed by atoms with Crippen LogP contribution in [0.1, 0.15) is 53.4 Å². The number of fused-ring (bicyclic) bond motifs is 1. The first-order valence-corrected chi connectivity index (χ1v) is 11.8. The van der Waals surface area contributed by atoms with Crippen LogP contribution in [-0.2, 0) is 19.1 Å². The van der Waals surface area contributed by atoms with E-state index in [9.17, 15) is 19.5 Å². The van der Waals surface area contributed by atoms with Crippen LogP contribution in [0, 0.1) is 11.8 Å². The van der Waals surface area contributed by atoms with E-state index in [4.69, 9.17) is 4.74 Å². The van der Waals surface area contributed by atoms with Crippen LogP contribution < -0.4 is 10.6 Å². The summed E-state index contributed by atoms with van der Waals surface area (Å²) in [6.45, 7) is 7.95. The van der Waals surface area contributed by atoms with Crippen molar-refractivity contribution in [2.75, 3.05) is 18.5 Å². The first-order valence-electron chi connectivity index (χ1n) is 11.8. The molecule has 5 atom stereocenters. The molecule has 0 radical (unpaired) electrons. The Hall–Kier alpha value is -2.45. The molecule has 8 nitrogen and oxygen atoms in total. The van der Waals surface area contributed by atoms with Crippen LogP contribution in [-0.4, -0.2) is 63.7 Å². The first kappa shape index (κ1) is 23.7. The van der Waals surface area contributed by atoms with Crippen LogP contribution in [0.5, 0.6) is 0 Å². The Bertz CT molecular complexity index is 930. The maximum absolute atomic E-state index is 13.8. The minimum atomic E-state index is -1.03. The molecule has 2 unspecified atom stereocenters. The molecule has 4 rings (SSSR count). The lowest BCUT2D eigenvalue weighted by Gasteiger charge is -2.35. The van der Waals surface area contributed by atoms with Gasteiger partial charge in [-0.15, -0.1) is 0 Å². The van der Waals surface area contributed by atoms with E-state index in [2.05, 4.69) is 10.6 Å². The number of carbonyl (C=O) groups is 3. The number of rotatable bonds is 7. The zero-order chi connectivity index (χ0) is 24.0. The molecule has 0 saturated carbocycles. The number of para-hydroxylation sites is 1. The van der Waals surface area contributed by atoms with Crippen LogP contribution in [0.4, 0.5) is 5.69 Å². The van der Waals surface area contributed by atoms with Gasteiger partial charge in [0.25, 0.3) is 0 Å². The number of unbranched alkanes of at least 4 members (excludes halogenated alkanes) is 1. The average Bonchev–Trinajstić information content (AvgIpc) is 3.29. The number of hydrogen-bond donors (Lipinski definition) is 3. The number of nitrogens with one attached hydrogen (secondary N) is 2. The van der Waals surface area contributed by atoms with Gasteiger partial charge in [0.15, 0.2) is 0 Å². The predicted octanol–water partition coefficient (Wildman–Crippen LogP) is 2.08. The summed E-state index contributed by atoms with van der Waals surface area (Å²) in [6, 6.07) is 8.36. The molecule has 180 valence electrons. The van der Waals surface area contributed by atoms with Gasteiger partial charge in [-0.1, -0.05) is 18.2 Å². The summed E-state index contributed by atoms with van der Waals surface area (Å²) < 4.78 is 6.56. The summed E-state index contributed by atoms with van der Waals surface area (Å²) in [6.07, 6.45) is 2.26. The molecule has 3 fully saturated rings. The van der Waals surface area contributed by atoms with E-state index in [-0.39, 0.29) is 24.3 Å². The van der Waals surface area contributed by atoms with E-state index in [0.29, 0.717) is 37.9 Å². The Balaban J connectivity index is 1.69. The van der Waals surface area contributed by atoms with E-state index < -0.39 is 34.6 Å². The highest BCUT2D eigenvalue weighted by atomic mass is 16.5. The van der Waals surface area contributed by atoms with Crippen molar-refractivity contribution in [3.05, 3.63) is 30.3 Å². The third-order valence-electron chi connectivity index (χ3n) is 7.15. The van der Waals surface area contributed by atoms with Gasteiger partial charge < -0.3 is 25.4 Å². The monoisotopic (exact) mass is 457 g/mol. The molecule has 3 amide bonds. The van der Waals surface area contributed by atoms with E-state index in [1.165, 1.54) is 0 Å². The molecule has 3 saturated heterocycles. The molecule has 0 aliphatic carbocycles. The molecule has 1 aromatic carbocycles. The van der Waals surface area contributed by atoms with Crippen LogP contribution in [0.15, 0.2) is 30.3 Å². The third kappa shape index (κ3) is 4.04. The van der Waals surface area contributed by atoms with Crippen molar-refractivity contribution in [2.45, 2.75) is 76.2 Å². The Morgan fingerprint density at radius 1 is 1.15 bits per heavy atom. The lowest BCUT2D eigenvalue weighted by molar-refractivity contribution is -0.145. The molecule has 1 aromatic rings. The molecule has 3 heterocycles. The Labute approximate surface area is 195 Å². The Morgan fingerprint density at radius 3 is 2.48 bits per heavy atom. The number of ether oxygens (including phenoxy) is 1. The van der Waals surface area contributed by atoms with Gasteiger partial charge in [0.05, 0.1) is 17.4 Å². The second-order valence-corrected chi connectivity index (χ2v) is 10.8. The lowest BCUT2D eigenvalue weighted by Crippen LogP contribution is -2.58. The van der Waals surface area contributed by atoms with Gasteiger partial charge in [-0.2, -0.15) is 0 Å². The molecule has 2 bridgehead atoms. The third-order valence-corrected chi connectivity index (χ3v) is 7.15. The molecule has 3 N–H and O–H groups in total. The fourth-order valence-corrected chi connectivity index (χ4v) is 5.94. The van der Waals surface area contributed by atoms with Crippen molar-refractivity contribution in [3.8, 4) is 0 Å². The number of amides is 3. The van der Waals surface area contributed by atoms with Crippen molar-refractivity contribution in [1.29, 1.82) is 0 Å². The standard InChI is InChI=1S/C25H35N3O5/c1-23(2,3)27-21(31)19-25-13-12-24(4,33-25)17(20(30)26-16-10-6-5-7-11-16)18(25)22(32)28(19)14-8-9-15-29/h5-7,10-11,17-19,29H,8-9,12-15H2,1-4H3,(H,26,30)(H,27,31)/t17-,18-,19?,24+,25?/m0/s1. The summed E-state index contributed by atoms with van der Waals surface area (Å²) in [4.78, 5) is 42.4. The number of benzene rings is 1. The largest absolute Gasteiger partial charge is 0.396 e. The first-order chi connectivity index (χ1) is 15.5. The number of anilines is 1. The minimum Gasteiger partial charge on any atom is -0.396 e. The maximum atomic E-state index is 13.8. The minimum absolute atomic E-state index is 0.0200. The number of hydrogen-bond acceptors (Lipinski definition) is 5. The molecule has 1 spiro atoms. The average molecular weight is 458 g/mol. The van der Waals surface area contributed by atoms with Crippen molar-refractivity contribution in [2.24, 2.45) is 11.8 Å². The van der Waals surface area contributed by atoms with Crippen molar-refractivity contribution < 1.29 is 24.2 Å². The van der Waals surface area contributed by atoms with E-state index in [1.807, 2.05) is 45.9 Å². The highest BCUT2D eigenvalue weighted by Gasteiger charge is 2.77. The summed E-state index contributed by atoms with van der Waals surface area (Å²) in [7, 11) is 0. The summed E-state index contributed by atoms with van der Waals surface area (Å²) in [5.41, 5.74) is -1.65. The van der Waals surface area contributed by atoms with Gasteiger partial charge in [0.2, 0.25) is 17.7 Å². The van der Waals surface area contributed by atoms with Gasteiger partial charge in [0, 0.05) is 24.4 Å². The second-order valence-electron chi connectivity index (χ2n) is 10.8. The molecular formula is C25H35N3O5. The molecule has 8 heteroatoms. The van der Waals surface area contributed by atoms with Crippen LogP contribution in [0.25, 0.3) is 0 Å². The molecular weight excluding hydrogens is 422 g/mol. The predicted molar refractivity (Wildman–Crippen MR) is 123 cm³/mol. The molecule has 0 aromatic heterocycles. The van der Waals surface area contributed by atoms with E-state index >= 15 is 0 Å². The van der Waals surface area contributed by atoms with Gasteiger partial charge >= 0.3 is 0 Å². The van der Waals surface area contributed by atoms with Crippen molar-refractivity contribution in [1.82, 2.24) is 10.2 Å². The summed E-state index contributed by atoms with van der Waals surface area (Å²) in [5.74, 6) is -2.12. The number of carbonyl (C=O) groups excluding carboxylic acids is 3. The Kier molecular flexibility index (Phi) is 6.03. The van der Waals surface area contributed by atoms with Gasteiger partial charge in [-0.3, -0.25) is 14.4 Å². The zero-order valence-electron chi connectivity index (χ0n) is 19.9. The number of aliphatic hydroxyl groups is 1. The fraction of sp³-hybridized carbons (Fsp3) is 0.640. The highest BCUT2D eigenvalue weighted by Crippen LogP contribution is 2.63. The number of aliphatic hydroxyl groups excluding tert-OH is 1. The van der Waals surface area contributed by atoms with Gasteiger partial charge in [-0.25, -0.2) is 0 Å². The number of nitrogens with zero attached hydrogens (tertiary/aromatic N) is 1. The number of likely N-dealkylation sites (tertiary alicyclic amines) is 1. The molecule has 33 heavy (non-hydrogen) atoms. The maximum Gasteiger partial charge on any atom is 0.246 e. The lowest BCUT2D eigenvalue weighted by atomic mass is 9.66. The topological polar surface area (TPSA) is 108 Å². The van der Waals surface area contributed by atoms with E-state index in [0.717, 1.165) is 0 Å². The van der Waals surface area contributed by atoms with Crippen LogP contribution in [0.3, 0.4) is 0 Å². The van der Waals surface area contributed by atoms with Crippen molar-refractivity contribution >= 4 is 23.4 Å². The molecule has 3 aliphatic rings. The normalized spacial score (nSPS) is 32.7. The van der Waals surface area contributed by atoms with Crippen LogP contribution in [0.2, 0.25) is 0 Å². The summed E-state index contributed by atoms with van der Waals surface area (Å²) >= 11 is 0. The van der Waals surface area contributed by atoms with Crippen LogP contribution >= 0.6 is 0 Å². The van der Waals surface area contributed by atoms with E-state index in [1.54, 1.807) is 17.0 Å².